The van der Waals surface area contributed by atoms with Gasteiger partial charge >= 0.3 is 18.9 Å². The Bertz CT molecular complexity index is 179. The van der Waals surface area contributed by atoms with Gasteiger partial charge in [0.1, 0.15) is 0 Å². The van der Waals surface area contributed by atoms with E-state index in [1.165, 1.54) is 5.56 Å². The zero-order valence-electron chi connectivity index (χ0n) is 5.69. The van der Waals surface area contributed by atoms with Gasteiger partial charge in [-0.25, -0.2) is 0 Å². The van der Waals surface area contributed by atoms with E-state index in [9.17, 15) is 0 Å². The maximum absolute atomic E-state index is 8.36. The van der Waals surface area contributed by atoms with Gasteiger partial charge in [0.2, 0.25) is 0 Å². The molecule has 0 aliphatic rings. The molecule has 0 aliphatic carbocycles. The Labute approximate surface area is 77.6 Å². The van der Waals surface area contributed by atoms with Crippen molar-refractivity contribution >= 4 is 25.3 Å². The average molecular weight is 147 g/mol. The van der Waals surface area contributed by atoms with Gasteiger partial charge in [-0.2, -0.15) is 0 Å². The molecule has 0 fully saturated rings. The molecular formula is C7H10LiNO2. The zero-order valence-corrected chi connectivity index (χ0v) is 5.69. The van der Waals surface area contributed by atoms with E-state index in [4.69, 9.17) is 9.90 Å². The van der Waals surface area contributed by atoms with E-state index < -0.39 is 0 Å². The van der Waals surface area contributed by atoms with Gasteiger partial charge in [-0.3, -0.25) is 9.78 Å². The molecule has 3 nitrogen and oxygen atoms in total. The molecule has 0 amide bonds. The van der Waals surface area contributed by atoms with Crippen molar-refractivity contribution in [1.29, 1.82) is 0 Å². The molecule has 0 aromatic carbocycles. The summed E-state index contributed by atoms with van der Waals surface area (Å²) < 4.78 is 0. The molecule has 1 aromatic rings. The fourth-order valence-corrected chi connectivity index (χ4v) is 0.448. The second kappa shape index (κ2) is 9.22. The van der Waals surface area contributed by atoms with E-state index in [1.807, 2.05) is 25.3 Å². The van der Waals surface area contributed by atoms with Gasteiger partial charge in [0.25, 0.3) is 6.47 Å². The predicted octanol–water partition coefficient (Wildman–Crippen LogP) is 0.442. The first-order valence-corrected chi connectivity index (χ1v) is 2.75. The van der Waals surface area contributed by atoms with Crippen LogP contribution in [0.2, 0.25) is 0 Å². The van der Waals surface area contributed by atoms with Crippen molar-refractivity contribution in [3.63, 3.8) is 0 Å². The molecule has 0 saturated carbocycles. The van der Waals surface area contributed by atoms with Gasteiger partial charge in [-0.15, -0.1) is 0 Å². The number of carbonyl (C=O) groups is 1. The first-order chi connectivity index (χ1) is 4.81. The van der Waals surface area contributed by atoms with Crippen LogP contribution in [0.4, 0.5) is 0 Å². The fraction of sp³-hybridized carbons (Fsp3) is 0.143. The van der Waals surface area contributed by atoms with Crippen LogP contribution in [0, 0.1) is 6.92 Å². The van der Waals surface area contributed by atoms with Crippen LogP contribution in [0.15, 0.2) is 24.5 Å². The third-order valence-electron chi connectivity index (χ3n) is 0.809. The first kappa shape index (κ1) is 12.9. The van der Waals surface area contributed by atoms with Gasteiger partial charge in [0, 0.05) is 12.4 Å². The quantitative estimate of drug-likeness (QED) is 0.428. The number of rotatable bonds is 0. The van der Waals surface area contributed by atoms with Crippen LogP contribution in [-0.4, -0.2) is 35.4 Å². The van der Waals surface area contributed by atoms with Gasteiger partial charge in [-0.05, 0) is 18.6 Å². The summed E-state index contributed by atoms with van der Waals surface area (Å²) in [6.07, 6.45) is 3.60. The average Bonchev–Trinajstić information content (AvgIpc) is 1.91. The van der Waals surface area contributed by atoms with Crippen molar-refractivity contribution < 1.29 is 9.90 Å². The van der Waals surface area contributed by atoms with Crippen LogP contribution in [-0.2, 0) is 4.79 Å². The van der Waals surface area contributed by atoms with E-state index in [1.54, 1.807) is 6.20 Å². The van der Waals surface area contributed by atoms with Crippen molar-refractivity contribution in [2.24, 2.45) is 0 Å². The Kier molecular flexibility index (Phi) is 10.8. The predicted molar refractivity (Wildman–Crippen MR) is 44.8 cm³/mol. The summed E-state index contributed by atoms with van der Waals surface area (Å²) in [5.74, 6) is 0. The van der Waals surface area contributed by atoms with Gasteiger partial charge in [0.05, 0.1) is 0 Å². The van der Waals surface area contributed by atoms with Crippen LogP contribution < -0.4 is 0 Å². The summed E-state index contributed by atoms with van der Waals surface area (Å²) in [5, 5.41) is 6.89. The molecule has 1 rings (SSSR count). The molecule has 4 heteroatoms. The Morgan fingerprint density at radius 2 is 2.18 bits per heavy atom. The van der Waals surface area contributed by atoms with Crippen molar-refractivity contribution in [3.8, 4) is 0 Å². The zero-order chi connectivity index (χ0) is 7.82. The van der Waals surface area contributed by atoms with Gasteiger partial charge in [0.15, 0.2) is 0 Å². The standard InChI is InChI=1S/C6H7N.CH2O2.Li.H/c1-6-3-2-4-7-5-6;2-1-3;;/h2-5H,1H3;1H,(H,2,3);;. The Hall–Kier alpha value is -0.783. The fourth-order valence-electron chi connectivity index (χ4n) is 0.448. The Balaban J connectivity index is 0. The normalized spacial score (nSPS) is 6.64. The second-order valence-corrected chi connectivity index (χ2v) is 1.64. The minimum absolute atomic E-state index is 0. The summed E-state index contributed by atoms with van der Waals surface area (Å²) >= 11 is 0. The molecule has 0 saturated heterocycles. The van der Waals surface area contributed by atoms with Crippen molar-refractivity contribution in [2.45, 2.75) is 6.92 Å². The molecule has 0 spiro atoms. The minimum atomic E-state index is -0.250. The number of hydrogen-bond acceptors (Lipinski definition) is 2. The summed E-state index contributed by atoms with van der Waals surface area (Å²) in [6, 6.07) is 3.95. The van der Waals surface area contributed by atoms with Crippen LogP contribution in [0.5, 0.6) is 0 Å². The number of aryl methyl sites for hydroxylation is 1. The molecule has 1 aromatic heterocycles. The first-order valence-electron chi connectivity index (χ1n) is 2.75. The molecule has 0 aliphatic heterocycles. The Morgan fingerprint density at radius 3 is 2.36 bits per heavy atom. The Morgan fingerprint density at radius 1 is 1.64 bits per heavy atom. The van der Waals surface area contributed by atoms with E-state index in [2.05, 4.69) is 4.98 Å². The van der Waals surface area contributed by atoms with Crippen LogP contribution in [0.25, 0.3) is 0 Å². The number of carboxylic acid groups (broad SMARTS) is 1. The topological polar surface area (TPSA) is 50.2 Å². The van der Waals surface area contributed by atoms with E-state index in [-0.39, 0.29) is 25.3 Å². The number of aromatic nitrogens is 1. The number of hydrogen-bond donors (Lipinski definition) is 1. The monoisotopic (exact) mass is 147 g/mol. The second-order valence-electron chi connectivity index (χ2n) is 1.64. The van der Waals surface area contributed by atoms with Gasteiger partial charge < -0.3 is 5.11 Å². The summed E-state index contributed by atoms with van der Waals surface area (Å²) in [7, 11) is 0. The van der Waals surface area contributed by atoms with E-state index >= 15 is 0 Å². The number of nitrogens with zero attached hydrogens (tertiary/aromatic N) is 1. The summed E-state index contributed by atoms with van der Waals surface area (Å²) in [5.41, 5.74) is 1.21. The number of pyridine rings is 1. The molecule has 1 N–H and O–H groups in total. The van der Waals surface area contributed by atoms with Crippen LogP contribution in [0.1, 0.15) is 5.56 Å². The molecule has 11 heavy (non-hydrogen) atoms. The molecule has 0 atom stereocenters. The van der Waals surface area contributed by atoms with E-state index in [0.717, 1.165) is 0 Å². The molecular weight excluding hydrogens is 137 g/mol. The molecule has 0 bridgehead atoms. The maximum atomic E-state index is 8.36. The van der Waals surface area contributed by atoms with Crippen molar-refractivity contribution in [3.05, 3.63) is 30.1 Å². The van der Waals surface area contributed by atoms with E-state index in [0.29, 0.717) is 0 Å². The molecule has 0 unspecified atom stereocenters. The van der Waals surface area contributed by atoms with Crippen molar-refractivity contribution in [2.75, 3.05) is 0 Å². The molecule has 56 valence electrons. The van der Waals surface area contributed by atoms with Crippen LogP contribution in [0.3, 0.4) is 0 Å². The summed E-state index contributed by atoms with van der Waals surface area (Å²) in [6.45, 7) is 1.77. The third-order valence-corrected chi connectivity index (χ3v) is 0.809. The summed E-state index contributed by atoms with van der Waals surface area (Å²) in [4.78, 5) is 12.2. The molecule has 0 radical (unpaired) electrons. The molecule has 1 heterocycles. The third kappa shape index (κ3) is 9.22. The van der Waals surface area contributed by atoms with Gasteiger partial charge in [-0.1, -0.05) is 6.07 Å². The van der Waals surface area contributed by atoms with Crippen LogP contribution >= 0.6 is 0 Å². The van der Waals surface area contributed by atoms with Crippen molar-refractivity contribution in [1.82, 2.24) is 4.98 Å². The SMILES string of the molecule is Cc1cccnc1.O=CO.[LiH].